The van der Waals surface area contributed by atoms with E-state index in [1.807, 2.05) is 13.8 Å². The fraction of sp³-hybridized carbons (Fsp3) is 0.833. The number of rotatable bonds is 5. The molecule has 104 valence electrons. The van der Waals surface area contributed by atoms with Gasteiger partial charge in [-0.25, -0.2) is 4.79 Å². The van der Waals surface area contributed by atoms with Crippen LogP contribution in [0.15, 0.2) is 0 Å². The maximum Gasteiger partial charge on any atom is 0.328 e. The van der Waals surface area contributed by atoms with Gasteiger partial charge in [-0.2, -0.15) is 0 Å². The average Bonchev–Trinajstić information content (AvgIpc) is 2.83. The maximum atomic E-state index is 12.0. The summed E-state index contributed by atoms with van der Waals surface area (Å²) in [5, 5.41) is 2.67. The monoisotopic (exact) mass is 258 g/mol. The molecular formula is C12H22N2O4. The number of esters is 1. The Morgan fingerprint density at radius 2 is 2.11 bits per heavy atom. The predicted octanol–water partition coefficient (Wildman–Crippen LogP) is -0.193. The zero-order chi connectivity index (χ0) is 13.7. The van der Waals surface area contributed by atoms with Gasteiger partial charge in [-0.15, -0.1) is 0 Å². The summed E-state index contributed by atoms with van der Waals surface area (Å²) in [4.78, 5) is 23.5. The van der Waals surface area contributed by atoms with E-state index in [0.717, 1.165) is 6.42 Å². The first-order chi connectivity index (χ1) is 8.49. The van der Waals surface area contributed by atoms with Crippen molar-refractivity contribution in [1.82, 2.24) is 5.32 Å². The molecule has 0 radical (unpaired) electrons. The second-order valence-corrected chi connectivity index (χ2v) is 4.81. The summed E-state index contributed by atoms with van der Waals surface area (Å²) >= 11 is 0. The van der Waals surface area contributed by atoms with Crippen molar-refractivity contribution >= 4 is 11.9 Å². The molecule has 0 aromatic rings. The number of carbonyl (C=O) groups excluding carboxylic acids is 2. The highest BCUT2D eigenvalue weighted by molar-refractivity contribution is 5.87. The molecule has 6 heteroatoms. The molecule has 3 N–H and O–H groups in total. The van der Waals surface area contributed by atoms with Crippen LogP contribution in [-0.4, -0.2) is 43.8 Å². The summed E-state index contributed by atoms with van der Waals surface area (Å²) in [6.45, 7) is 4.11. The molecule has 1 unspecified atom stereocenters. The topological polar surface area (TPSA) is 90.7 Å². The third kappa shape index (κ3) is 3.68. The minimum atomic E-state index is -0.636. The largest absolute Gasteiger partial charge is 0.467 e. The van der Waals surface area contributed by atoms with Crippen molar-refractivity contribution in [2.24, 2.45) is 11.7 Å². The lowest BCUT2D eigenvalue weighted by molar-refractivity contribution is -0.148. The number of carbonyl (C=O) groups is 2. The molecule has 0 saturated carbocycles. The lowest BCUT2D eigenvalue weighted by Gasteiger charge is -2.21. The Bertz CT molecular complexity index is 306. The number of nitrogens with two attached hydrogens (primary N) is 1. The van der Waals surface area contributed by atoms with E-state index in [1.54, 1.807) is 0 Å². The van der Waals surface area contributed by atoms with E-state index in [-0.39, 0.29) is 17.9 Å². The van der Waals surface area contributed by atoms with Gasteiger partial charge in [-0.3, -0.25) is 4.79 Å². The van der Waals surface area contributed by atoms with Crippen molar-refractivity contribution < 1.29 is 19.1 Å². The molecular weight excluding hydrogens is 236 g/mol. The molecule has 1 aliphatic heterocycles. The lowest BCUT2D eigenvalue weighted by Crippen LogP contribution is -2.48. The fourth-order valence-corrected chi connectivity index (χ4v) is 1.94. The molecule has 6 nitrogen and oxygen atoms in total. The Kier molecular flexibility index (Phi) is 5.55. The fourth-order valence-electron chi connectivity index (χ4n) is 1.94. The van der Waals surface area contributed by atoms with Crippen LogP contribution in [0.2, 0.25) is 0 Å². The normalized spacial score (nSPS) is 24.9. The third-order valence-electron chi connectivity index (χ3n) is 3.08. The minimum absolute atomic E-state index is 0.0342. The molecule has 18 heavy (non-hydrogen) atoms. The second kappa shape index (κ2) is 6.70. The SMILES string of the molecule is COC(=O)C(NC(=O)[C@@H]1CC[C@H](CN)O1)C(C)C. The number of methoxy groups -OCH3 is 1. The molecule has 1 aliphatic rings. The highest BCUT2D eigenvalue weighted by Gasteiger charge is 2.33. The first-order valence-corrected chi connectivity index (χ1v) is 6.23. The number of amides is 1. The van der Waals surface area contributed by atoms with E-state index in [1.165, 1.54) is 7.11 Å². The highest BCUT2D eigenvalue weighted by Crippen LogP contribution is 2.19. The predicted molar refractivity (Wildman–Crippen MR) is 65.7 cm³/mol. The van der Waals surface area contributed by atoms with Crippen molar-refractivity contribution in [2.45, 2.75) is 44.9 Å². The molecule has 0 aromatic heterocycles. The summed E-state index contributed by atoms with van der Waals surface area (Å²) < 4.78 is 10.1. The quantitative estimate of drug-likeness (QED) is 0.667. The van der Waals surface area contributed by atoms with Crippen molar-refractivity contribution in [3.8, 4) is 0 Å². The molecule has 1 fully saturated rings. The van der Waals surface area contributed by atoms with Crippen LogP contribution in [0.25, 0.3) is 0 Å². The minimum Gasteiger partial charge on any atom is -0.467 e. The molecule has 1 saturated heterocycles. The van der Waals surface area contributed by atoms with Crippen molar-refractivity contribution in [2.75, 3.05) is 13.7 Å². The molecule has 0 spiro atoms. The Morgan fingerprint density at radius 1 is 1.44 bits per heavy atom. The van der Waals surface area contributed by atoms with E-state index >= 15 is 0 Å². The highest BCUT2D eigenvalue weighted by atomic mass is 16.5. The van der Waals surface area contributed by atoms with Gasteiger partial charge >= 0.3 is 5.97 Å². The Labute approximate surface area is 107 Å². The summed E-state index contributed by atoms with van der Waals surface area (Å²) in [5.41, 5.74) is 5.48. The third-order valence-corrected chi connectivity index (χ3v) is 3.08. The number of nitrogens with one attached hydrogen (secondary N) is 1. The number of hydrogen-bond acceptors (Lipinski definition) is 5. The van der Waals surface area contributed by atoms with Gasteiger partial charge in [0.1, 0.15) is 12.1 Å². The molecule has 1 heterocycles. The molecule has 3 atom stereocenters. The summed E-state index contributed by atoms with van der Waals surface area (Å²) in [5.74, 6) is -0.741. The van der Waals surface area contributed by atoms with Crippen LogP contribution in [0.5, 0.6) is 0 Å². The Morgan fingerprint density at radius 3 is 2.56 bits per heavy atom. The number of ether oxygens (including phenoxy) is 2. The molecule has 0 bridgehead atoms. The van der Waals surface area contributed by atoms with Gasteiger partial charge in [-0.05, 0) is 18.8 Å². The standard InChI is InChI=1S/C12H22N2O4/c1-7(2)10(12(16)17-3)14-11(15)9-5-4-8(6-13)18-9/h7-10H,4-6,13H2,1-3H3,(H,14,15)/t8-,9+,10?/m1/s1. The van der Waals surface area contributed by atoms with E-state index < -0.39 is 18.1 Å². The molecule has 0 aliphatic carbocycles. The van der Waals surface area contributed by atoms with Crippen LogP contribution >= 0.6 is 0 Å². The van der Waals surface area contributed by atoms with Crippen molar-refractivity contribution in [1.29, 1.82) is 0 Å². The average molecular weight is 258 g/mol. The van der Waals surface area contributed by atoms with Gasteiger partial charge in [0.15, 0.2) is 0 Å². The molecule has 1 amide bonds. The van der Waals surface area contributed by atoms with E-state index in [0.29, 0.717) is 13.0 Å². The maximum absolute atomic E-state index is 12.0. The van der Waals surface area contributed by atoms with Crippen LogP contribution in [0.1, 0.15) is 26.7 Å². The zero-order valence-electron chi connectivity index (χ0n) is 11.1. The van der Waals surface area contributed by atoms with Crippen LogP contribution < -0.4 is 11.1 Å². The van der Waals surface area contributed by atoms with Gasteiger partial charge < -0.3 is 20.5 Å². The first-order valence-electron chi connectivity index (χ1n) is 6.23. The van der Waals surface area contributed by atoms with Gasteiger partial charge in [0.05, 0.1) is 13.2 Å². The second-order valence-electron chi connectivity index (χ2n) is 4.81. The summed E-state index contributed by atoms with van der Waals surface area (Å²) in [6, 6.07) is -0.636. The van der Waals surface area contributed by atoms with Crippen LogP contribution in [0.3, 0.4) is 0 Å². The summed E-state index contributed by atoms with van der Waals surface area (Å²) in [7, 11) is 1.31. The summed E-state index contributed by atoms with van der Waals surface area (Å²) in [6.07, 6.45) is 0.847. The Balaban J connectivity index is 2.54. The van der Waals surface area contributed by atoms with Crippen molar-refractivity contribution in [3.63, 3.8) is 0 Å². The lowest BCUT2D eigenvalue weighted by atomic mass is 10.0. The van der Waals surface area contributed by atoms with Crippen LogP contribution in [0, 0.1) is 5.92 Å². The van der Waals surface area contributed by atoms with Gasteiger partial charge in [0.2, 0.25) is 5.91 Å². The first kappa shape index (κ1) is 14.9. The Hall–Kier alpha value is -1.14. The van der Waals surface area contributed by atoms with Gasteiger partial charge in [-0.1, -0.05) is 13.8 Å². The van der Waals surface area contributed by atoms with Crippen molar-refractivity contribution in [3.05, 3.63) is 0 Å². The molecule has 1 rings (SSSR count). The smallest absolute Gasteiger partial charge is 0.328 e. The zero-order valence-corrected chi connectivity index (χ0v) is 11.1. The van der Waals surface area contributed by atoms with E-state index in [4.69, 9.17) is 10.5 Å². The van der Waals surface area contributed by atoms with Gasteiger partial charge in [0.25, 0.3) is 0 Å². The van der Waals surface area contributed by atoms with E-state index in [9.17, 15) is 9.59 Å². The molecule has 0 aromatic carbocycles. The van der Waals surface area contributed by atoms with Crippen LogP contribution in [-0.2, 0) is 19.1 Å². The van der Waals surface area contributed by atoms with E-state index in [2.05, 4.69) is 10.1 Å². The number of hydrogen-bond donors (Lipinski definition) is 2. The van der Waals surface area contributed by atoms with Crippen LogP contribution in [0.4, 0.5) is 0 Å². The van der Waals surface area contributed by atoms with Gasteiger partial charge in [0, 0.05) is 6.54 Å².